The van der Waals surface area contributed by atoms with Crippen molar-refractivity contribution in [2.24, 2.45) is 0 Å². The van der Waals surface area contributed by atoms with Crippen molar-refractivity contribution >= 4 is 17.6 Å². The Morgan fingerprint density at radius 3 is 2.65 bits per heavy atom. The highest BCUT2D eigenvalue weighted by atomic mass is 35.5. The van der Waals surface area contributed by atoms with Crippen molar-refractivity contribution in [3.05, 3.63) is 59.9 Å². The van der Waals surface area contributed by atoms with Crippen LogP contribution in [0.5, 0.6) is 5.75 Å². The number of carbonyl (C=O) groups excluding carboxylic acids is 1. The van der Waals surface area contributed by atoms with Crippen LogP contribution >= 0.6 is 11.6 Å². The molecule has 17 heavy (non-hydrogen) atoms. The fraction of sp³-hybridized carbons (Fsp3) is 0.0769. The van der Waals surface area contributed by atoms with Crippen molar-refractivity contribution < 1.29 is 14.1 Å². The van der Waals surface area contributed by atoms with Gasteiger partial charge in [-0.2, -0.15) is 4.57 Å². The molecule has 0 amide bonds. The molecule has 86 valence electrons. The summed E-state index contributed by atoms with van der Waals surface area (Å²) in [6.07, 6.45) is 3.44. The van der Waals surface area contributed by atoms with Crippen LogP contribution in [-0.4, -0.2) is 5.97 Å². The van der Waals surface area contributed by atoms with E-state index in [0.717, 1.165) is 0 Å². The molecule has 1 heterocycles. The van der Waals surface area contributed by atoms with Gasteiger partial charge in [0.2, 0.25) is 6.54 Å². The number of halogens is 1. The van der Waals surface area contributed by atoms with E-state index in [4.69, 9.17) is 16.3 Å². The van der Waals surface area contributed by atoms with Crippen molar-refractivity contribution in [2.75, 3.05) is 0 Å². The maximum atomic E-state index is 11.6. The summed E-state index contributed by atoms with van der Waals surface area (Å²) in [5.41, 5.74) is 0. The van der Waals surface area contributed by atoms with E-state index in [1.165, 1.54) is 0 Å². The Bertz CT molecular complexity index is 514. The fourth-order valence-corrected chi connectivity index (χ4v) is 1.59. The van der Waals surface area contributed by atoms with Gasteiger partial charge in [0.1, 0.15) is 10.8 Å². The zero-order valence-corrected chi connectivity index (χ0v) is 9.80. The van der Waals surface area contributed by atoms with Crippen LogP contribution in [0.4, 0.5) is 0 Å². The number of para-hydroxylation sites is 1. The minimum absolute atomic E-state index is 0.134. The van der Waals surface area contributed by atoms with Gasteiger partial charge < -0.3 is 4.74 Å². The van der Waals surface area contributed by atoms with Crippen LogP contribution in [0.1, 0.15) is 0 Å². The van der Waals surface area contributed by atoms with E-state index < -0.39 is 0 Å². The van der Waals surface area contributed by atoms with E-state index in [1.807, 2.05) is 18.2 Å². The lowest BCUT2D eigenvalue weighted by molar-refractivity contribution is -0.685. The minimum Gasteiger partial charge on any atom is -0.422 e. The SMILES string of the molecule is O=C(C[n+]1cccc(Cl)c1)Oc1ccccc1. The van der Waals surface area contributed by atoms with E-state index in [9.17, 15) is 4.79 Å². The maximum absolute atomic E-state index is 11.6. The van der Waals surface area contributed by atoms with Crippen molar-refractivity contribution in [3.63, 3.8) is 0 Å². The van der Waals surface area contributed by atoms with Gasteiger partial charge in [0.15, 0.2) is 12.4 Å². The Morgan fingerprint density at radius 1 is 1.18 bits per heavy atom. The van der Waals surface area contributed by atoms with Gasteiger partial charge >= 0.3 is 5.97 Å². The summed E-state index contributed by atoms with van der Waals surface area (Å²) < 4.78 is 6.83. The van der Waals surface area contributed by atoms with Crippen molar-refractivity contribution in [3.8, 4) is 5.75 Å². The molecule has 0 N–H and O–H groups in total. The summed E-state index contributed by atoms with van der Waals surface area (Å²) in [4.78, 5) is 11.6. The van der Waals surface area contributed by atoms with E-state index in [0.29, 0.717) is 10.8 Å². The van der Waals surface area contributed by atoms with Gasteiger partial charge in [-0.1, -0.05) is 29.8 Å². The van der Waals surface area contributed by atoms with Crippen LogP contribution in [0.25, 0.3) is 0 Å². The van der Waals surface area contributed by atoms with Crippen molar-refractivity contribution in [1.29, 1.82) is 0 Å². The lowest BCUT2D eigenvalue weighted by atomic mass is 10.3. The number of esters is 1. The molecule has 0 saturated carbocycles. The predicted molar refractivity (Wildman–Crippen MR) is 63.7 cm³/mol. The van der Waals surface area contributed by atoms with Gasteiger partial charge in [0.25, 0.3) is 0 Å². The largest absolute Gasteiger partial charge is 0.422 e. The lowest BCUT2D eigenvalue weighted by Crippen LogP contribution is -2.38. The summed E-state index contributed by atoms with van der Waals surface area (Å²) in [7, 11) is 0. The molecule has 0 fully saturated rings. The first-order valence-corrected chi connectivity index (χ1v) is 5.52. The number of hydrogen-bond donors (Lipinski definition) is 0. The molecule has 3 nitrogen and oxygen atoms in total. The van der Waals surface area contributed by atoms with Crippen LogP contribution in [0.3, 0.4) is 0 Å². The number of carbonyl (C=O) groups is 1. The summed E-state index contributed by atoms with van der Waals surface area (Å²) in [5, 5.41) is 0.583. The van der Waals surface area contributed by atoms with Gasteiger partial charge in [0.05, 0.1) is 0 Å². The summed E-state index contributed by atoms with van der Waals surface area (Å²) in [6.45, 7) is 0.134. The monoisotopic (exact) mass is 248 g/mol. The Balaban J connectivity index is 1.98. The smallest absolute Gasteiger partial charge is 0.378 e. The topological polar surface area (TPSA) is 30.2 Å². The van der Waals surface area contributed by atoms with Gasteiger partial charge in [-0.05, 0) is 18.2 Å². The molecule has 0 bridgehead atoms. The predicted octanol–water partition coefficient (Wildman–Crippen LogP) is 2.23. The highest BCUT2D eigenvalue weighted by Gasteiger charge is 2.11. The average Bonchev–Trinajstić information content (AvgIpc) is 2.30. The number of nitrogens with zero attached hydrogens (tertiary/aromatic N) is 1. The molecule has 0 atom stereocenters. The molecule has 4 heteroatoms. The third-order valence-corrected chi connectivity index (χ3v) is 2.33. The van der Waals surface area contributed by atoms with Crippen LogP contribution in [-0.2, 0) is 11.3 Å². The summed E-state index contributed by atoms with van der Waals surface area (Å²) in [5.74, 6) is 0.212. The molecule has 0 aliphatic carbocycles. The molecule has 2 rings (SSSR count). The first-order valence-electron chi connectivity index (χ1n) is 5.14. The van der Waals surface area contributed by atoms with Gasteiger partial charge in [-0.3, -0.25) is 0 Å². The number of ether oxygens (including phenoxy) is 1. The van der Waals surface area contributed by atoms with E-state index in [-0.39, 0.29) is 12.5 Å². The molecule has 1 aromatic carbocycles. The molecule has 0 aliphatic heterocycles. The average molecular weight is 249 g/mol. The molecule has 0 unspecified atom stereocenters. The third kappa shape index (κ3) is 3.57. The Kier molecular flexibility index (Phi) is 3.73. The van der Waals surface area contributed by atoms with Crippen LogP contribution in [0.2, 0.25) is 5.02 Å². The van der Waals surface area contributed by atoms with Crippen molar-refractivity contribution in [1.82, 2.24) is 0 Å². The van der Waals surface area contributed by atoms with Gasteiger partial charge in [0, 0.05) is 6.07 Å². The van der Waals surface area contributed by atoms with E-state index in [2.05, 4.69) is 0 Å². The molecule has 2 aromatic rings. The molecule has 1 aromatic heterocycles. The normalized spacial score (nSPS) is 9.94. The zero-order chi connectivity index (χ0) is 12.1. The summed E-state index contributed by atoms with van der Waals surface area (Å²) in [6, 6.07) is 12.5. The highest BCUT2D eigenvalue weighted by molar-refractivity contribution is 6.30. The Hall–Kier alpha value is -1.87. The maximum Gasteiger partial charge on any atom is 0.378 e. The lowest BCUT2D eigenvalue weighted by Gasteiger charge is -2.01. The zero-order valence-electron chi connectivity index (χ0n) is 9.04. The van der Waals surface area contributed by atoms with Crippen LogP contribution in [0, 0.1) is 0 Å². The molecular formula is C13H11ClNO2+. The second-order valence-electron chi connectivity index (χ2n) is 3.48. The van der Waals surface area contributed by atoms with Crippen molar-refractivity contribution in [2.45, 2.75) is 6.54 Å². The Morgan fingerprint density at radius 2 is 1.94 bits per heavy atom. The highest BCUT2D eigenvalue weighted by Crippen LogP contribution is 2.08. The first kappa shape index (κ1) is 11.6. The number of aromatic nitrogens is 1. The minimum atomic E-state index is -0.330. The van der Waals surface area contributed by atoms with E-state index in [1.54, 1.807) is 41.2 Å². The number of hydrogen-bond acceptors (Lipinski definition) is 2. The molecule has 0 saturated heterocycles. The molecule has 0 spiro atoms. The number of pyridine rings is 1. The summed E-state index contributed by atoms with van der Waals surface area (Å²) >= 11 is 5.82. The van der Waals surface area contributed by atoms with Gasteiger partial charge in [-0.15, -0.1) is 0 Å². The van der Waals surface area contributed by atoms with Crippen LogP contribution < -0.4 is 9.30 Å². The Labute approximate surface area is 104 Å². The number of rotatable bonds is 3. The second kappa shape index (κ2) is 5.46. The second-order valence-corrected chi connectivity index (χ2v) is 3.92. The fourth-order valence-electron chi connectivity index (χ4n) is 1.39. The van der Waals surface area contributed by atoms with E-state index >= 15 is 0 Å². The standard InChI is InChI=1S/C13H11ClNO2/c14-11-5-4-8-15(9-11)10-13(16)17-12-6-2-1-3-7-12/h1-9H,10H2/q+1. The molecule has 0 radical (unpaired) electrons. The molecular weight excluding hydrogens is 238 g/mol. The van der Waals surface area contributed by atoms with Crippen LogP contribution in [0.15, 0.2) is 54.9 Å². The third-order valence-electron chi connectivity index (χ3n) is 2.11. The first-order chi connectivity index (χ1) is 8.24. The molecule has 0 aliphatic rings. The van der Waals surface area contributed by atoms with Gasteiger partial charge in [-0.25, -0.2) is 4.79 Å². The quantitative estimate of drug-likeness (QED) is 0.474. The number of benzene rings is 1.